The highest BCUT2D eigenvalue weighted by Gasteiger charge is 2.14. The molecule has 0 amide bonds. The highest BCUT2D eigenvalue weighted by Crippen LogP contribution is 2.29. The average molecular weight is 346 g/mol. The van der Waals surface area contributed by atoms with Crippen LogP contribution in [-0.4, -0.2) is 9.55 Å². The fourth-order valence-electron chi connectivity index (χ4n) is 2.54. The molecular formula is C18H17Cl2N3. The number of imidazole rings is 1. The largest absolute Gasteiger partial charge is 0.349 e. The van der Waals surface area contributed by atoms with Crippen molar-refractivity contribution in [3.8, 4) is 11.3 Å². The predicted octanol–water partition coefficient (Wildman–Crippen LogP) is 5.57. The molecule has 1 unspecified atom stereocenters. The Morgan fingerprint density at radius 2 is 1.83 bits per heavy atom. The summed E-state index contributed by atoms with van der Waals surface area (Å²) in [6.07, 6.45) is 1.87. The minimum atomic E-state index is 0.0180. The van der Waals surface area contributed by atoms with Gasteiger partial charge in [-0.2, -0.15) is 0 Å². The molecule has 0 aliphatic heterocycles. The molecule has 1 aromatic heterocycles. The SMILES string of the molecule is CC(Nc1ncc(-c2ccccc2)n1C)c1ccc(Cl)cc1Cl. The summed E-state index contributed by atoms with van der Waals surface area (Å²) in [4.78, 5) is 4.49. The van der Waals surface area contributed by atoms with Crippen molar-refractivity contribution < 1.29 is 0 Å². The molecule has 5 heteroatoms. The van der Waals surface area contributed by atoms with Gasteiger partial charge in [0.25, 0.3) is 0 Å². The number of nitrogens with one attached hydrogen (secondary N) is 1. The number of aromatic nitrogens is 2. The summed E-state index contributed by atoms with van der Waals surface area (Å²) in [6, 6.07) is 15.7. The van der Waals surface area contributed by atoms with Crippen LogP contribution in [0.15, 0.2) is 54.7 Å². The van der Waals surface area contributed by atoms with Gasteiger partial charge in [0.05, 0.1) is 17.9 Å². The van der Waals surface area contributed by atoms with Gasteiger partial charge < -0.3 is 9.88 Å². The van der Waals surface area contributed by atoms with Crippen molar-refractivity contribution in [3.63, 3.8) is 0 Å². The molecule has 1 atom stereocenters. The highest BCUT2D eigenvalue weighted by molar-refractivity contribution is 6.35. The van der Waals surface area contributed by atoms with Crippen LogP contribution in [0.2, 0.25) is 10.0 Å². The Balaban J connectivity index is 1.85. The summed E-state index contributed by atoms with van der Waals surface area (Å²) in [5.41, 5.74) is 3.18. The zero-order chi connectivity index (χ0) is 16.4. The van der Waals surface area contributed by atoms with Gasteiger partial charge in [-0.3, -0.25) is 0 Å². The Labute approximate surface area is 145 Å². The van der Waals surface area contributed by atoms with Crippen LogP contribution in [0.5, 0.6) is 0 Å². The topological polar surface area (TPSA) is 29.9 Å². The van der Waals surface area contributed by atoms with Gasteiger partial charge in [0.15, 0.2) is 0 Å². The molecule has 0 spiro atoms. The van der Waals surface area contributed by atoms with Gasteiger partial charge in [0.1, 0.15) is 0 Å². The second-order valence-corrected chi connectivity index (χ2v) is 6.27. The lowest BCUT2D eigenvalue weighted by Gasteiger charge is -2.17. The molecule has 1 N–H and O–H groups in total. The van der Waals surface area contributed by atoms with Crippen LogP contribution >= 0.6 is 23.2 Å². The third-order valence-electron chi connectivity index (χ3n) is 3.83. The number of rotatable bonds is 4. The Bertz CT molecular complexity index is 812. The van der Waals surface area contributed by atoms with Crippen LogP contribution in [0.25, 0.3) is 11.3 Å². The summed E-state index contributed by atoms with van der Waals surface area (Å²) < 4.78 is 2.04. The van der Waals surface area contributed by atoms with Crippen LogP contribution in [0, 0.1) is 0 Å². The molecule has 3 rings (SSSR count). The first-order chi connectivity index (χ1) is 11.1. The predicted molar refractivity (Wildman–Crippen MR) is 97.1 cm³/mol. The van der Waals surface area contributed by atoms with Crippen molar-refractivity contribution in [2.45, 2.75) is 13.0 Å². The fraction of sp³-hybridized carbons (Fsp3) is 0.167. The molecule has 0 radical (unpaired) electrons. The first-order valence-electron chi connectivity index (χ1n) is 7.35. The van der Waals surface area contributed by atoms with Crippen molar-refractivity contribution >= 4 is 29.2 Å². The van der Waals surface area contributed by atoms with Crippen LogP contribution < -0.4 is 5.32 Å². The maximum absolute atomic E-state index is 6.28. The molecule has 0 bridgehead atoms. The number of halogens is 2. The lowest BCUT2D eigenvalue weighted by Crippen LogP contribution is -2.11. The van der Waals surface area contributed by atoms with Crippen molar-refractivity contribution in [3.05, 3.63) is 70.3 Å². The van der Waals surface area contributed by atoms with E-state index in [0.717, 1.165) is 22.8 Å². The van der Waals surface area contributed by atoms with E-state index in [1.165, 1.54) is 0 Å². The maximum atomic E-state index is 6.28. The van der Waals surface area contributed by atoms with E-state index in [2.05, 4.69) is 22.4 Å². The van der Waals surface area contributed by atoms with Gasteiger partial charge in [-0.25, -0.2) is 4.98 Å². The average Bonchev–Trinajstić information content (AvgIpc) is 2.89. The van der Waals surface area contributed by atoms with Crippen LogP contribution in [-0.2, 0) is 7.05 Å². The smallest absolute Gasteiger partial charge is 0.203 e. The Hall–Kier alpha value is -1.97. The van der Waals surface area contributed by atoms with Crippen LogP contribution in [0.4, 0.5) is 5.95 Å². The molecule has 2 aromatic carbocycles. The molecule has 23 heavy (non-hydrogen) atoms. The number of benzene rings is 2. The van der Waals surface area contributed by atoms with Crippen molar-refractivity contribution in [2.75, 3.05) is 5.32 Å². The summed E-state index contributed by atoms with van der Waals surface area (Å²) >= 11 is 12.2. The number of hydrogen-bond acceptors (Lipinski definition) is 2. The zero-order valence-corrected chi connectivity index (χ0v) is 14.4. The van der Waals surface area contributed by atoms with Gasteiger partial charge in [-0.05, 0) is 30.2 Å². The second-order valence-electron chi connectivity index (χ2n) is 5.42. The monoisotopic (exact) mass is 345 g/mol. The minimum Gasteiger partial charge on any atom is -0.349 e. The Morgan fingerprint density at radius 1 is 1.09 bits per heavy atom. The van der Waals surface area contributed by atoms with Crippen LogP contribution in [0.1, 0.15) is 18.5 Å². The van der Waals surface area contributed by atoms with Gasteiger partial charge in [-0.1, -0.05) is 59.6 Å². The number of anilines is 1. The van der Waals surface area contributed by atoms with E-state index in [1.54, 1.807) is 6.07 Å². The second kappa shape index (κ2) is 6.65. The van der Waals surface area contributed by atoms with E-state index in [1.807, 2.05) is 55.1 Å². The van der Waals surface area contributed by atoms with E-state index in [-0.39, 0.29) is 6.04 Å². The Morgan fingerprint density at radius 3 is 2.52 bits per heavy atom. The molecular weight excluding hydrogens is 329 g/mol. The lowest BCUT2D eigenvalue weighted by atomic mass is 10.1. The first-order valence-corrected chi connectivity index (χ1v) is 8.10. The molecule has 1 heterocycles. The van der Waals surface area contributed by atoms with Crippen molar-refractivity contribution in [2.24, 2.45) is 7.05 Å². The molecule has 0 aliphatic rings. The van der Waals surface area contributed by atoms with Crippen LogP contribution in [0.3, 0.4) is 0 Å². The number of nitrogens with zero attached hydrogens (tertiary/aromatic N) is 2. The third-order valence-corrected chi connectivity index (χ3v) is 4.39. The molecule has 0 aliphatic carbocycles. The van der Waals surface area contributed by atoms with Crippen molar-refractivity contribution in [1.29, 1.82) is 0 Å². The van der Waals surface area contributed by atoms with E-state index in [4.69, 9.17) is 23.2 Å². The maximum Gasteiger partial charge on any atom is 0.203 e. The van der Waals surface area contributed by atoms with E-state index in [0.29, 0.717) is 10.0 Å². The Kier molecular flexibility index (Phi) is 4.60. The highest BCUT2D eigenvalue weighted by atomic mass is 35.5. The van der Waals surface area contributed by atoms with Gasteiger partial charge in [0, 0.05) is 17.1 Å². The van der Waals surface area contributed by atoms with E-state index < -0.39 is 0 Å². The molecule has 0 fully saturated rings. The van der Waals surface area contributed by atoms with Gasteiger partial charge >= 0.3 is 0 Å². The van der Waals surface area contributed by atoms with E-state index in [9.17, 15) is 0 Å². The third kappa shape index (κ3) is 3.36. The summed E-state index contributed by atoms with van der Waals surface area (Å²) in [5, 5.41) is 4.68. The standard InChI is InChI=1S/C18H17Cl2N3/c1-12(15-9-8-14(19)10-16(15)20)22-18-21-11-17(23(18)2)13-6-4-3-5-7-13/h3-12H,1-2H3,(H,21,22). The molecule has 0 saturated carbocycles. The normalized spacial score (nSPS) is 12.2. The number of hydrogen-bond donors (Lipinski definition) is 1. The minimum absolute atomic E-state index is 0.0180. The fourth-order valence-corrected chi connectivity index (χ4v) is 3.12. The quantitative estimate of drug-likeness (QED) is 0.670. The van der Waals surface area contributed by atoms with Crippen molar-refractivity contribution in [1.82, 2.24) is 9.55 Å². The molecule has 0 saturated heterocycles. The molecule has 3 nitrogen and oxygen atoms in total. The summed E-state index contributed by atoms with van der Waals surface area (Å²) in [6.45, 7) is 2.05. The van der Waals surface area contributed by atoms with E-state index >= 15 is 0 Å². The van der Waals surface area contributed by atoms with Gasteiger partial charge in [0.2, 0.25) is 5.95 Å². The molecule has 118 valence electrons. The lowest BCUT2D eigenvalue weighted by molar-refractivity contribution is 0.826. The first kappa shape index (κ1) is 15.9. The van der Waals surface area contributed by atoms with Gasteiger partial charge in [-0.15, -0.1) is 0 Å². The summed E-state index contributed by atoms with van der Waals surface area (Å²) in [7, 11) is 1.99. The zero-order valence-electron chi connectivity index (χ0n) is 12.9. The molecule has 3 aromatic rings. The summed E-state index contributed by atoms with van der Waals surface area (Å²) in [5.74, 6) is 0.794.